The topological polar surface area (TPSA) is 20.2 Å². The zero-order chi connectivity index (χ0) is 22.6. The number of rotatable bonds is 4. The molecule has 4 atom stereocenters. The number of benzene rings is 2. The maximum Gasteiger partial charge on any atom is 0.118 e. The van der Waals surface area contributed by atoms with Crippen LogP contribution in [0.3, 0.4) is 0 Å². The van der Waals surface area contributed by atoms with E-state index in [1.165, 1.54) is 34.8 Å². The van der Waals surface area contributed by atoms with Crippen molar-refractivity contribution in [3.63, 3.8) is 0 Å². The molecule has 2 aliphatic carbocycles. The number of aromatic hydroxyl groups is 1. The highest BCUT2D eigenvalue weighted by Crippen LogP contribution is 2.59. The lowest BCUT2D eigenvalue weighted by molar-refractivity contribution is 0.449. The first-order chi connectivity index (χ1) is 14.6. The highest BCUT2D eigenvalue weighted by atomic mass is 28.3. The molecule has 2 aliphatic rings. The molecule has 4 rings (SSSR count). The van der Waals surface area contributed by atoms with E-state index in [2.05, 4.69) is 97.0 Å². The first kappa shape index (κ1) is 22.4. The Kier molecular flexibility index (Phi) is 5.75. The lowest BCUT2D eigenvalue weighted by atomic mass is 9.81. The summed E-state index contributed by atoms with van der Waals surface area (Å²) in [5.41, 5.74) is 5.97. The Bertz CT molecular complexity index is 992. The highest BCUT2D eigenvalue weighted by molar-refractivity contribution is 6.93. The highest BCUT2D eigenvalue weighted by Gasteiger charge is 2.54. The molecule has 2 heteroatoms. The number of allylic oxidation sites excluding steroid dienone is 1. The van der Waals surface area contributed by atoms with Gasteiger partial charge in [-0.1, -0.05) is 108 Å². The molecule has 31 heavy (non-hydrogen) atoms. The van der Waals surface area contributed by atoms with E-state index < -0.39 is 8.07 Å². The molecule has 0 amide bonds. The molecule has 0 spiro atoms. The molecule has 1 fully saturated rings. The molecule has 1 nitrogen and oxygen atoms in total. The van der Waals surface area contributed by atoms with Crippen LogP contribution in [0.25, 0.3) is 6.08 Å². The van der Waals surface area contributed by atoms with Crippen LogP contribution in [0.5, 0.6) is 5.75 Å². The molecular weight excluding hydrogens is 392 g/mol. The minimum Gasteiger partial charge on any atom is -0.508 e. The number of phenols is 1. The summed E-state index contributed by atoms with van der Waals surface area (Å²) in [7, 11) is -1.97. The molecule has 2 aromatic rings. The maximum atomic E-state index is 11.7. The minimum absolute atomic E-state index is 0.0556. The second-order valence-corrected chi connectivity index (χ2v) is 16.2. The first-order valence-corrected chi connectivity index (χ1v) is 14.7. The van der Waals surface area contributed by atoms with Crippen molar-refractivity contribution in [3.05, 3.63) is 64.7 Å². The van der Waals surface area contributed by atoms with E-state index in [-0.39, 0.29) is 5.41 Å². The molecule has 2 aromatic carbocycles. The Balaban J connectivity index is 1.88. The van der Waals surface area contributed by atoms with Crippen molar-refractivity contribution in [2.45, 2.75) is 83.8 Å². The van der Waals surface area contributed by atoms with E-state index in [1.807, 2.05) is 0 Å². The molecule has 0 aromatic heterocycles. The van der Waals surface area contributed by atoms with Gasteiger partial charge in [0.25, 0.3) is 0 Å². The molecule has 0 heterocycles. The van der Waals surface area contributed by atoms with Crippen molar-refractivity contribution in [3.8, 4) is 5.75 Å². The Morgan fingerprint density at radius 3 is 2.39 bits per heavy atom. The molecule has 1 saturated carbocycles. The number of phenolic OH excluding ortho intramolecular Hbond substituents is 1. The first-order valence-electron chi connectivity index (χ1n) is 12.3. The fourth-order valence-electron chi connectivity index (χ4n) is 7.06. The number of fused-ring (bicyclic) bond motifs is 3. The maximum absolute atomic E-state index is 11.7. The monoisotopic (exact) mass is 432 g/mol. The number of hydrogen-bond acceptors (Lipinski definition) is 1. The fraction of sp³-hybridized carbons (Fsp3) is 0.517. The van der Waals surface area contributed by atoms with Gasteiger partial charge in [-0.2, -0.15) is 0 Å². The lowest BCUT2D eigenvalue weighted by Crippen LogP contribution is -2.54. The van der Waals surface area contributed by atoms with Gasteiger partial charge in [0, 0.05) is 0 Å². The van der Waals surface area contributed by atoms with Crippen molar-refractivity contribution >= 4 is 19.3 Å². The van der Waals surface area contributed by atoms with Crippen LogP contribution in [0.4, 0.5) is 0 Å². The average Bonchev–Trinajstić information content (AvgIpc) is 3.08. The second kappa shape index (κ2) is 7.96. The minimum atomic E-state index is -1.97. The van der Waals surface area contributed by atoms with Crippen molar-refractivity contribution in [2.24, 2.45) is 11.8 Å². The van der Waals surface area contributed by atoms with Crippen LogP contribution >= 0.6 is 0 Å². The Labute approximate surface area is 190 Å². The van der Waals surface area contributed by atoms with Gasteiger partial charge in [-0.05, 0) is 63.9 Å². The van der Waals surface area contributed by atoms with Gasteiger partial charge < -0.3 is 5.11 Å². The quantitative estimate of drug-likeness (QED) is 0.495. The molecule has 166 valence electrons. The Hall–Kier alpha value is -1.80. The average molecular weight is 433 g/mol. The van der Waals surface area contributed by atoms with Gasteiger partial charge >= 0.3 is 0 Å². The molecule has 0 aliphatic heterocycles. The number of aryl methyl sites for hydroxylation is 1. The summed E-state index contributed by atoms with van der Waals surface area (Å²) in [5.74, 6) is 2.49. The number of hydrogen-bond donors (Lipinski definition) is 1. The van der Waals surface area contributed by atoms with Crippen LogP contribution in [-0.2, 0) is 5.41 Å². The standard InChI is InChI=1S/C29H40OSi/c1-8-31(9-2,26-17-19(3)16-25(27(26)30)29(5,6)7)28-20(4)18-24-22-13-11-10-12-21(22)14-15-23(24)28/h10-17,20,23-24,28,30H,8-9,18H2,1-7H3. The van der Waals surface area contributed by atoms with Gasteiger partial charge in [-0.15, -0.1) is 0 Å². The molecular formula is C29H40OSi. The van der Waals surface area contributed by atoms with Gasteiger partial charge in [0.2, 0.25) is 0 Å². The third-order valence-electron chi connectivity index (χ3n) is 8.51. The van der Waals surface area contributed by atoms with Gasteiger partial charge in [-0.3, -0.25) is 0 Å². The van der Waals surface area contributed by atoms with Crippen molar-refractivity contribution in [2.75, 3.05) is 0 Å². The van der Waals surface area contributed by atoms with E-state index in [0.29, 0.717) is 29.0 Å². The van der Waals surface area contributed by atoms with Crippen LogP contribution in [0.2, 0.25) is 17.6 Å². The second-order valence-electron chi connectivity index (χ2n) is 11.2. The summed E-state index contributed by atoms with van der Waals surface area (Å²) in [6, 6.07) is 15.9. The third kappa shape index (κ3) is 3.52. The summed E-state index contributed by atoms with van der Waals surface area (Å²) >= 11 is 0. The molecule has 1 N–H and O–H groups in total. The van der Waals surface area contributed by atoms with Crippen molar-refractivity contribution in [1.29, 1.82) is 0 Å². The van der Waals surface area contributed by atoms with Crippen LogP contribution in [-0.4, -0.2) is 13.2 Å². The summed E-state index contributed by atoms with van der Waals surface area (Å²) in [4.78, 5) is 0. The summed E-state index contributed by atoms with van der Waals surface area (Å²) in [6.07, 6.45) is 6.18. The van der Waals surface area contributed by atoms with E-state index in [4.69, 9.17) is 0 Å². The van der Waals surface area contributed by atoms with Gasteiger partial charge in [0.05, 0.1) is 8.07 Å². The summed E-state index contributed by atoms with van der Waals surface area (Å²) in [6.45, 7) is 16.2. The van der Waals surface area contributed by atoms with E-state index >= 15 is 0 Å². The molecule has 0 bridgehead atoms. The van der Waals surface area contributed by atoms with Gasteiger partial charge in [0.15, 0.2) is 0 Å². The Morgan fingerprint density at radius 2 is 1.74 bits per heavy atom. The zero-order valence-corrected chi connectivity index (χ0v) is 21.5. The van der Waals surface area contributed by atoms with Crippen molar-refractivity contribution < 1.29 is 5.11 Å². The zero-order valence-electron chi connectivity index (χ0n) is 20.5. The van der Waals surface area contributed by atoms with E-state index in [0.717, 1.165) is 5.56 Å². The third-order valence-corrected chi connectivity index (χ3v) is 14.7. The van der Waals surface area contributed by atoms with Crippen molar-refractivity contribution in [1.82, 2.24) is 0 Å². The van der Waals surface area contributed by atoms with Crippen LogP contribution in [0.1, 0.15) is 76.1 Å². The normalized spacial score (nSPS) is 25.4. The lowest BCUT2D eigenvalue weighted by Gasteiger charge is -2.43. The fourth-order valence-corrected chi connectivity index (χ4v) is 13.1. The molecule has 4 unspecified atom stereocenters. The summed E-state index contributed by atoms with van der Waals surface area (Å²) in [5, 5.41) is 13.0. The smallest absolute Gasteiger partial charge is 0.118 e. The van der Waals surface area contributed by atoms with E-state index in [1.54, 1.807) is 5.56 Å². The SMILES string of the molecule is CC[Si](CC)(c1cc(C)cc(C(C)(C)C)c1O)C1C(C)CC2c3ccccc3C=CC21. The Morgan fingerprint density at radius 1 is 1.06 bits per heavy atom. The predicted octanol–water partition coefficient (Wildman–Crippen LogP) is 7.53. The van der Waals surface area contributed by atoms with E-state index in [9.17, 15) is 5.11 Å². The van der Waals surface area contributed by atoms with Crippen LogP contribution in [0, 0.1) is 18.8 Å². The largest absolute Gasteiger partial charge is 0.508 e. The predicted molar refractivity (Wildman–Crippen MR) is 137 cm³/mol. The summed E-state index contributed by atoms with van der Waals surface area (Å²) < 4.78 is 0. The van der Waals surface area contributed by atoms with Crippen LogP contribution < -0.4 is 5.19 Å². The molecule has 0 saturated heterocycles. The van der Waals surface area contributed by atoms with Gasteiger partial charge in [0.1, 0.15) is 5.75 Å². The molecule has 0 radical (unpaired) electrons. The van der Waals surface area contributed by atoms with Gasteiger partial charge in [-0.25, -0.2) is 0 Å². The van der Waals surface area contributed by atoms with Crippen LogP contribution in [0.15, 0.2) is 42.5 Å².